The molecule has 4 heteroatoms. The second-order valence-corrected chi connectivity index (χ2v) is 6.59. The van der Waals surface area contributed by atoms with Gasteiger partial charge in [-0.15, -0.1) is 0 Å². The Kier molecular flexibility index (Phi) is 7.14. The van der Waals surface area contributed by atoms with Crippen molar-refractivity contribution in [2.24, 2.45) is 0 Å². The van der Waals surface area contributed by atoms with Crippen molar-refractivity contribution in [3.8, 4) is 0 Å². The standard InChI is InChI=1S/C17H34N2O2/c1-7-14(6)19(8-2)15-10-11-17(12-15,18-13(4)5)16(20)21-9-3/h13-15,18H,7-12H2,1-6H3. The van der Waals surface area contributed by atoms with E-state index in [-0.39, 0.29) is 12.0 Å². The monoisotopic (exact) mass is 298 g/mol. The number of carbonyl (C=O) groups is 1. The van der Waals surface area contributed by atoms with Crippen molar-refractivity contribution in [3.63, 3.8) is 0 Å². The van der Waals surface area contributed by atoms with E-state index in [4.69, 9.17) is 4.74 Å². The minimum absolute atomic E-state index is 0.0681. The molecule has 1 aliphatic carbocycles. The van der Waals surface area contributed by atoms with Gasteiger partial charge in [0.15, 0.2) is 0 Å². The summed E-state index contributed by atoms with van der Waals surface area (Å²) in [5.41, 5.74) is -0.490. The highest BCUT2D eigenvalue weighted by Gasteiger charge is 2.48. The second kappa shape index (κ2) is 8.14. The molecular formula is C17H34N2O2. The van der Waals surface area contributed by atoms with Crippen LogP contribution < -0.4 is 5.32 Å². The molecular weight excluding hydrogens is 264 g/mol. The fraction of sp³-hybridized carbons (Fsp3) is 0.941. The van der Waals surface area contributed by atoms with Crippen LogP contribution in [0.15, 0.2) is 0 Å². The third-order valence-electron chi connectivity index (χ3n) is 4.71. The summed E-state index contributed by atoms with van der Waals surface area (Å²) in [6.07, 6.45) is 3.95. The summed E-state index contributed by atoms with van der Waals surface area (Å²) in [4.78, 5) is 15.0. The average molecular weight is 298 g/mol. The van der Waals surface area contributed by atoms with Crippen molar-refractivity contribution in [3.05, 3.63) is 0 Å². The number of nitrogens with zero attached hydrogens (tertiary/aromatic N) is 1. The Hall–Kier alpha value is -0.610. The first-order chi connectivity index (χ1) is 9.90. The van der Waals surface area contributed by atoms with Gasteiger partial charge in [-0.2, -0.15) is 0 Å². The van der Waals surface area contributed by atoms with Gasteiger partial charge >= 0.3 is 5.97 Å². The minimum Gasteiger partial charge on any atom is -0.465 e. The van der Waals surface area contributed by atoms with Crippen LogP contribution in [0.4, 0.5) is 0 Å². The van der Waals surface area contributed by atoms with Gasteiger partial charge < -0.3 is 4.74 Å². The molecule has 0 bridgehead atoms. The van der Waals surface area contributed by atoms with Crippen LogP contribution in [0.25, 0.3) is 0 Å². The lowest BCUT2D eigenvalue weighted by Gasteiger charge is -2.35. The molecule has 0 aromatic rings. The molecule has 1 N–H and O–H groups in total. The predicted molar refractivity (Wildman–Crippen MR) is 87.4 cm³/mol. The molecule has 3 unspecified atom stereocenters. The van der Waals surface area contributed by atoms with Crippen LogP contribution in [0.3, 0.4) is 0 Å². The molecule has 1 rings (SSSR count). The zero-order chi connectivity index (χ0) is 16.0. The second-order valence-electron chi connectivity index (χ2n) is 6.59. The number of hydrogen-bond donors (Lipinski definition) is 1. The Morgan fingerprint density at radius 3 is 2.48 bits per heavy atom. The smallest absolute Gasteiger partial charge is 0.326 e. The van der Waals surface area contributed by atoms with E-state index >= 15 is 0 Å². The molecule has 0 heterocycles. The number of hydrogen-bond acceptors (Lipinski definition) is 4. The molecule has 0 aromatic carbocycles. The molecule has 124 valence electrons. The fourth-order valence-corrected chi connectivity index (χ4v) is 3.66. The molecule has 0 saturated heterocycles. The van der Waals surface area contributed by atoms with Gasteiger partial charge in [0.05, 0.1) is 6.61 Å². The molecule has 0 amide bonds. The Balaban J connectivity index is 2.87. The summed E-state index contributed by atoms with van der Waals surface area (Å²) < 4.78 is 5.36. The molecule has 1 fully saturated rings. The van der Waals surface area contributed by atoms with Crippen LogP contribution in [0, 0.1) is 0 Å². The van der Waals surface area contributed by atoms with Gasteiger partial charge in [-0.25, -0.2) is 0 Å². The van der Waals surface area contributed by atoms with Crippen LogP contribution in [0.2, 0.25) is 0 Å². The average Bonchev–Trinajstić information content (AvgIpc) is 2.84. The molecule has 0 radical (unpaired) electrons. The van der Waals surface area contributed by atoms with E-state index in [9.17, 15) is 4.79 Å². The van der Waals surface area contributed by atoms with E-state index < -0.39 is 5.54 Å². The van der Waals surface area contributed by atoms with Crippen molar-refractivity contribution in [1.82, 2.24) is 10.2 Å². The summed E-state index contributed by atoms with van der Waals surface area (Å²) in [7, 11) is 0. The van der Waals surface area contributed by atoms with Crippen LogP contribution >= 0.6 is 0 Å². The first-order valence-electron chi connectivity index (χ1n) is 8.60. The third kappa shape index (κ3) is 4.43. The van der Waals surface area contributed by atoms with E-state index in [1.54, 1.807) is 0 Å². The molecule has 0 aromatic heterocycles. The largest absolute Gasteiger partial charge is 0.465 e. The van der Waals surface area contributed by atoms with E-state index in [0.29, 0.717) is 18.7 Å². The summed E-state index contributed by atoms with van der Waals surface area (Å²) >= 11 is 0. The zero-order valence-electron chi connectivity index (χ0n) is 14.7. The van der Waals surface area contributed by atoms with Crippen molar-refractivity contribution in [2.75, 3.05) is 13.2 Å². The van der Waals surface area contributed by atoms with Crippen LogP contribution in [-0.2, 0) is 9.53 Å². The van der Waals surface area contributed by atoms with E-state index in [1.165, 1.54) is 0 Å². The maximum atomic E-state index is 12.5. The van der Waals surface area contributed by atoms with Gasteiger partial charge in [-0.05, 0) is 59.9 Å². The quantitative estimate of drug-likeness (QED) is 0.700. The van der Waals surface area contributed by atoms with E-state index in [0.717, 1.165) is 32.2 Å². The maximum Gasteiger partial charge on any atom is 0.326 e. The first-order valence-corrected chi connectivity index (χ1v) is 8.60. The highest BCUT2D eigenvalue weighted by Crippen LogP contribution is 2.35. The highest BCUT2D eigenvalue weighted by atomic mass is 16.5. The zero-order valence-corrected chi connectivity index (χ0v) is 14.7. The Morgan fingerprint density at radius 2 is 2.00 bits per heavy atom. The minimum atomic E-state index is -0.490. The van der Waals surface area contributed by atoms with E-state index in [2.05, 4.69) is 44.8 Å². The van der Waals surface area contributed by atoms with Gasteiger partial charge in [-0.3, -0.25) is 15.0 Å². The highest BCUT2D eigenvalue weighted by molar-refractivity contribution is 5.81. The van der Waals surface area contributed by atoms with E-state index in [1.807, 2.05) is 6.92 Å². The number of rotatable bonds is 8. The predicted octanol–water partition coefficient (Wildman–Crippen LogP) is 2.96. The van der Waals surface area contributed by atoms with Crippen molar-refractivity contribution >= 4 is 5.97 Å². The fourth-order valence-electron chi connectivity index (χ4n) is 3.66. The third-order valence-corrected chi connectivity index (χ3v) is 4.71. The molecule has 0 spiro atoms. The molecule has 1 aliphatic rings. The number of nitrogens with one attached hydrogen (secondary N) is 1. The number of ether oxygens (including phenoxy) is 1. The van der Waals surface area contributed by atoms with Gasteiger partial charge in [0.2, 0.25) is 0 Å². The topological polar surface area (TPSA) is 41.6 Å². The molecule has 21 heavy (non-hydrogen) atoms. The van der Waals surface area contributed by atoms with Crippen molar-refractivity contribution in [2.45, 2.75) is 90.9 Å². The van der Waals surface area contributed by atoms with Crippen LogP contribution in [0.5, 0.6) is 0 Å². The normalized spacial score (nSPS) is 27.3. The Bertz CT molecular complexity index is 333. The summed E-state index contributed by atoms with van der Waals surface area (Å²) in [5.74, 6) is -0.0681. The van der Waals surface area contributed by atoms with Crippen molar-refractivity contribution in [1.29, 1.82) is 0 Å². The SMILES string of the molecule is CCOC(=O)C1(NC(C)C)CCC(N(CC)C(C)CC)C1. The van der Waals surface area contributed by atoms with Gasteiger partial charge in [0.25, 0.3) is 0 Å². The maximum absolute atomic E-state index is 12.5. The Morgan fingerprint density at radius 1 is 1.33 bits per heavy atom. The molecule has 4 nitrogen and oxygen atoms in total. The lowest BCUT2D eigenvalue weighted by Crippen LogP contribution is -2.55. The Labute approximate surface area is 130 Å². The van der Waals surface area contributed by atoms with Gasteiger partial charge in [-0.1, -0.05) is 13.8 Å². The van der Waals surface area contributed by atoms with Crippen LogP contribution in [-0.4, -0.2) is 47.7 Å². The molecule has 0 aliphatic heterocycles. The lowest BCUT2D eigenvalue weighted by molar-refractivity contribution is -0.151. The molecule has 3 atom stereocenters. The van der Waals surface area contributed by atoms with Crippen molar-refractivity contribution < 1.29 is 9.53 Å². The molecule has 1 saturated carbocycles. The van der Waals surface area contributed by atoms with Gasteiger partial charge in [0.1, 0.15) is 5.54 Å². The van der Waals surface area contributed by atoms with Gasteiger partial charge in [0, 0.05) is 18.1 Å². The number of carbonyl (C=O) groups excluding carboxylic acids is 1. The first kappa shape index (κ1) is 18.4. The summed E-state index contributed by atoms with van der Waals surface area (Å²) in [5, 5.41) is 3.50. The lowest BCUT2D eigenvalue weighted by atomic mass is 9.95. The summed E-state index contributed by atoms with van der Waals surface area (Å²) in [6, 6.07) is 1.32. The summed E-state index contributed by atoms with van der Waals surface area (Å²) in [6.45, 7) is 14.3. The van der Waals surface area contributed by atoms with Crippen LogP contribution in [0.1, 0.15) is 67.2 Å². The number of esters is 1.